The van der Waals surface area contributed by atoms with Crippen LogP contribution in [0.5, 0.6) is 11.5 Å². The minimum atomic E-state index is -0.318. The fraction of sp³-hybridized carbons (Fsp3) is 0.0370. The van der Waals surface area contributed by atoms with Crippen molar-refractivity contribution in [1.82, 2.24) is 0 Å². The van der Waals surface area contributed by atoms with Gasteiger partial charge in [0.25, 0.3) is 0 Å². The Bertz CT molecular complexity index is 2940. The van der Waals surface area contributed by atoms with Gasteiger partial charge in [-0.2, -0.15) is 0 Å². The van der Waals surface area contributed by atoms with E-state index < -0.39 is 0 Å². The number of ether oxygens (including phenoxy) is 1. The fourth-order valence-corrected chi connectivity index (χ4v) is 9.28. The summed E-state index contributed by atoms with van der Waals surface area (Å²) >= 11 is 0. The third kappa shape index (κ3) is 4.89. The van der Waals surface area contributed by atoms with Crippen LogP contribution in [-0.2, 0) is 5.41 Å². The molecular formula is C54H37NO. The van der Waals surface area contributed by atoms with Crippen LogP contribution < -0.4 is 9.64 Å². The lowest BCUT2D eigenvalue weighted by Gasteiger charge is -2.32. The molecule has 1 unspecified atom stereocenters. The van der Waals surface area contributed by atoms with Crippen molar-refractivity contribution in [3.05, 3.63) is 223 Å². The highest BCUT2D eigenvalue weighted by Crippen LogP contribution is 2.57. The first kappa shape index (κ1) is 32.3. The van der Waals surface area contributed by atoms with Gasteiger partial charge >= 0.3 is 0 Å². The highest BCUT2D eigenvalue weighted by atomic mass is 16.5. The summed E-state index contributed by atoms with van der Waals surface area (Å²) in [5.41, 5.74) is 16.4. The standard InChI is InChI=1S/C54H37NO/c1-54(40-19-6-3-7-20-40)46-24-10-8-22-44(46)53-47(54)25-14-27-49(53)55(41-32-29-37(30-33-41)36-15-4-2-5-16-36)48-26-11-9-21-42(48)39-31-34-50-45(35-39)43-23-12-17-38-18-13-28-51(56-50)52(38)43/h2-35H,1H3. The van der Waals surface area contributed by atoms with E-state index in [0.717, 1.165) is 50.6 Å². The predicted octanol–water partition coefficient (Wildman–Crippen LogP) is 14.8. The molecule has 0 aromatic heterocycles. The van der Waals surface area contributed by atoms with Crippen molar-refractivity contribution < 1.29 is 4.74 Å². The van der Waals surface area contributed by atoms with Crippen LogP contribution in [0.15, 0.2) is 206 Å². The Balaban J connectivity index is 1.14. The molecule has 9 aromatic rings. The van der Waals surface area contributed by atoms with Gasteiger partial charge in [-0.1, -0.05) is 164 Å². The predicted molar refractivity (Wildman–Crippen MR) is 232 cm³/mol. The molecule has 1 aliphatic heterocycles. The van der Waals surface area contributed by atoms with Gasteiger partial charge in [-0.25, -0.2) is 0 Å². The molecule has 1 atom stereocenters. The lowest BCUT2D eigenvalue weighted by molar-refractivity contribution is 0.487. The molecule has 1 aliphatic carbocycles. The summed E-state index contributed by atoms with van der Waals surface area (Å²) in [6, 6.07) is 74.8. The molecule has 2 nitrogen and oxygen atoms in total. The molecule has 9 aromatic carbocycles. The SMILES string of the molecule is CC1(c2ccccc2)c2ccccc2-c2c(N(c3ccc(-c4ccccc4)cc3)c3ccccc3-c3ccc4c(c3)-c3cccc5cccc(c35)O4)cccc21. The largest absolute Gasteiger partial charge is 0.456 e. The molecule has 0 bridgehead atoms. The van der Waals surface area contributed by atoms with Crippen LogP contribution in [0.3, 0.4) is 0 Å². The molecule has 0 saturated carbocycles. The van der Waals surface area contributed by atoms with E-state index in [1.54, 1.807) is 0 Å². The number of para-hydroxylation sites is 1. The molecule has 0 fully saturated rings. The first-order valence-corrected chi connectivity index (χ1v) is 19.3. The van der Waals surface area contributed by atoms with E-state index in [0.29, 0.717) is 0 Å². The fourth-order valence-electron chi connectivity index (χ4n) is 9.28. The van der Waals surface area contributed by atoms with Crippen LogP contribution in [0.25, 0.3) is 55.3 Å². The molecule has 0 saturated heterocycles. The van der Waals surface area contributed by atoms with E-state index in [9.17, 15) is 0 Å². The van der Waals surface area contributed by atoms with Gasteiger partial charge in [0.2, 0.25) is 0 Å². The average Bonchev–Trinajstić information content (AvgIpc) is 3.54. The van der Waals surface area contributed by atoms with Crippen molar-refractivity contribution >= 4 is 27.8 Å². The van der Waals surface area contributed by atoms with Crippen LogP contribution in [0.2, 0.25) is 0 Å². The van der Waals surface area contributed by atoms with Gasteiger partial charge in [-0.15, -0.1) is 0 Å². The lowest BCUT2D eigenvalue weighted by Crippen LogP contribution is -2.22. The first-order chi connectivity index (χ1) is 27.7. The minimum absolute atomic E-state index is 0.318. The van der Waals surface area contributed by atoms with Gasteiger partial charge < -0.3 is 9.64 Å². The van der Waals surface area contributed by atoms with E-state index in [4.69, 9.17) is 4.74 Å². The zero-order chi connectivity index (χ0) is 37.2. The molecule has 2 aliphatic rings. The van der Waals surface area contributed by atoms with E-state index >= 15 is 0 Å². The summed E-state index contributed by atoms with van der Waals surface area (Å²) < 4.78 is 6.53. The van der Waals surface area contributed by atoms with Gasteiger partial charge in [0.1, 0.15) is 11.5 Å². The molecule has 11 rings (SSSR count). The van der Waals surface area contributed by atoms with Crippen molar-refractivity contribution in [1.29, 1.82) is 0 Å². The van der Waals surface area contributed by atoms with Crippen molar-refractivity contribution in [3.8, 4) is 56.0 Å². The normalized spacial score (nSPS) is 14.7. The van der Waals surface area contributed by atoms with Crippen LogP contribution in [0.4, 0.5) is 17.1 Å². The summed E-state index contributed by atoms with van der Waals surface area (Å²) in [6.07, 6.45) is 0. The molecule has 2 heteroatoms. The Labute approximate surface area is 327 Å². The zero-order valence-corrected chi connectivity index (χ0v) is 31.0. The maximum absolute atomic E-state index is 6.53. The highest BCUT2D eigenvalue weighted by molar-refractivity contribution is 6.05. The number of nitrogens with zero attached hydrogens (tertiary/aromatic N) is 1. The quantitative estimate of drug-likeness (QED) is 0.170. The van der Waals surface area contributed by atoms with Crippen LogP contribution in [0.1, 0.15) is 23.6 Å². The highest BCUT2D eigenvalue weighted by Gasteiger charge is 2.42. The van der Waals surface area contributed by atoms with Gasteiger partial charge in [-0.05, 0) is 99.3 Å². The third-order valence-corrected chi connectivity index (χ3v) is 12.0. The Morgan fingerprint density at radius 2 is 1.02 bits per heavy atom. The average molecular weight is 716 g/mol. The van der Waals surface area contributed by atoms with E-state index in [1.165, 1.54) is 49.9 Å². The van der Waals surface area contributed by atoms with Crippen molar-refractivity contribution in [2.75, 3.05) is 4.90 Å². The summed E-state index contributed by atoms with van der Waals surface area (Å²) in [6.45, 7) is 2.39. The molecule has 0 radical (unpaired) electrons. The summed E-state index contributed by atoms with van der Waals surface area (Å²) in [5, 5.41) is 2.34. The number of hydrogen-bond acceptors (Lipinski definition) is 2. The van der Waals surface area contributed by atoms with E-state index in [2.05, 4.69) is 218 Å². The first-order valence-electron chi connectivity index (χ1n) is 19.3. The second kappa shape index (κ2) is 12.7. The summed E-state index contributed by atoms with van der Waals surface area (Å²) in [4.78, 5) is 2.47. The number of benzene rings is 9. The Hall–Kier alpha value is -7.16. The van der Waals surface area contributed by atoms with Crippen molar-refractivity contribution in [2.45, 2.75) is 12.3 Å². The molecule has 264 valence electrons. The topological polar surface area (TPSA) is 12.5 Å². The van der Waals surface area contributed by atoms with Gasteiger partial charge in [0, 0.05) is 33.2 Å². The second-order valence-electron chi connectivity index (χ2n) is 15.0. The molecular weight excluding hydrogens is 679 g/mol. The third-order valence-electron chi connectivity index (χ3n) is 12.0. The molecule has 0 N–H and O–H groups in total. The number of anilines is 3. The number of hydrogen-bond donors (Lipinski definition) is 0. The van der Waals surface area contributed by atoms with Crippen LogP contribution in [0, 0.1) is 0 Å². The maximum atomic E-state index is 6.53. The number of fused-ring (bicyclic) bond motifs is 5. The zero-order valence-electron chi connectivity index (χ0n) is 31.0. The smallest absolute Gasteiger partial charge is 0.135 e. The molecule has 0 spiro atoms. The van der Waals surface area contributed by atoms with Gasteiger partial charge in [0.05, 0.1) is 11.4 Å². The van der Waals surface area contributed by atoms with E-state index in [1.807, 2.05) is 0 Å². The Morgan fingerprint density at radius 1 is 0.411 bits per heavy atom. The monoisotopic (exact) mass is 715 g/mol. The Morgan fingerprint density at radius 3 is 1.84 bits per heavy atom. The van der Waals surface area contributed by atoms with Gasteiger partial charge in [-0.3, -0.25) is 0 Å². The Kier molecular flexibility index (Phi) is 7.33. The van der Waals surface area contributed by atoms with Crippen molar-refractivity contribution in [2.24, 2.45) is 0 Å². The maximum Gasteiger partial charge on any atom is 0.135 e. The molecule has 1 heterocycles. The summed E-state index contributed by atoms with van der Waals surface area (Å²) in [5.74, 6) is 1.79. The lowest BCUT2D eigenvalue weighted by atomic mass is 9.74. The van der Waals surface area contributed by atoms with Crippen LogP contribution in [-0.4, -0.2) is 0 Å². The molecule has 56 heavy (non-hydrogen) atoms. The van der Waals surface area contributed by atoms with Gasteiger partial charge in [0.15, 0.2) is 0 Å². The minimum Gasteiger partial charge on any atom is -0.456 e. The summed E-state index contributed by atoms with van der Waals surface area (Å²) in [7, 11) is 0. The number of rotatable bonds is 6. The second-order valence-corrected chi connectivity index (χ2v) is 15.0. The molecule has 0 amide bonds. The van der Waals surface area contributed by atoms with Crippen LogP contribution >= 0.6 is 0 Å². The van der Waals surface area contributed by atoms with Crippen molar-refractivity contribution in [3.63, 3.8) is 0 Å². The van der Waals surface area contributed by atoms with E-state index in [-0.39, 0.29) is 5.41 Å².